The van der Waals surface area contributed by atoms with Crippen LogP contribution in [0, 0.1) is 6.92 Å². The third kappa shape index (κ3) is 3.48. The number of nitrogens with one attached hydrogen (secondary N) is 1. The second kappa shape index (κ2) is 6.86. The van der Waals surface area contributed by atoms with E-state index < -0.39 is 17.8 Å². The number of furan rings is 1. The van der Waals surface area contributed by atoms with Gasteiger partial charge in [0, 0.05) is 6.54 Å². The van der Waals surface area contributed by atoms with Crippen LogP contribution >= 0.6 is 0 Å². The molecule has 0 radical (unpaired) electrons. The normalized spacial score (nSPS) is 20.4. The number of rotatable bonds is 4. The highest BCUT2D eigenvalue weighted by Gasteiger charge is 2.35. The molecule has 1 N–H and O–H groups in total. The van der Waals surface area contributed by atoms with Gasteiger partial charge in [-0.25, -0.2) is 4.79 Å². The number of carbonyl (C=O) groups excluding carboxylic acids is 3. The van der Waals surface area contributed by atoms with Crippen LogP contribution in [0.15, 0.2) is 33.8 Å². The van der Waals surface area contributed by atoms with Gasteiger partial charge >= 0.3 is 6.03 Å². The zero-order valence-corrected chi connectivity index (χ0v) is 13.6. The molecule has 126 valence electrons. The lowest BCUT2D eigenvalue weighted by Crippen LogP contribution is -2.54. The highest BCUT2D eigenvalue weighted by Crippen LogP contribution is 2.22. The summed E-state index contributed by atoms with van der Waals surface area (Å²) in [6.07, 6.45) is 8.62. The van der Waals surface area contributed by atoms with Gasteiger partial charge in [0.05, 0.1) is 0 Å². The average molecular weight is 328 g/mol. The fourth-order valence-electron chi connectivity index (χ4n) is 2.96. The number of aryl methyl sites for hydroxylation is 1. The molecule has 1 saturated heterocycles. The van der Waals surface area contributed by atoms with Crippen molar-refractivity contribution in [2.45, 2.75) is 39.0 Å². The first-order valence-corrected chi connectivity index (χ1v) is 8.18. The Morgan fingerprint density at radius 2 is 2.08 bits per heavy atom. The predicted molar refractivity (Wildman–Crippen MR) is 87.8 cm³/mol. The second-order valence-electron chi connectivity index (χ2n) is 6.08. The number of hydrogen-bond donors (Lipinski definition) is 1. The summed E-state index contributed by atoms with van der Waals surface area (Å²) in [5.74, 6) is -0.167. The lowest BCUT2D eigenvalue weighted by Gasteiger charge is -2.27. The molecule has 6 heteroatoms. The van der Waals surface area contributed by atoms with Crippen molar-refractivity contribution in [2.75, 3.05) is 6.54 Å². The van der Waals surface area contributed by atoms with E-state index in [9.17, 15) is 14.4 Å². The summed E-state index contributed by atoms with van der Waals surface area (Å²) in [7, 11) is 0. The van der Waals surface area contributed by atoms with Gasteiger partial charge in [0.25, 0.3) is 11.8 Å². The largest absolute Gasteiger partial charge is 0.462 e. The van der Waals surface area contributed by atoms with Crippen LogP contribution in [0.2, 0.25) is 0 Å². The molecule has 0 atom stereocenters. The highest BCUT2D eigenvalue weighted by molar-refractivity contribution is 6.30. The second-order valence-corrected chi connectivity index (χ2v) is 6.08. The molecule has 3 rings (SSSR count). The molecule has 2 aliphatic rings. The molecule has 0 saturated carbocycles. The van der Waals surface area contributed by atoms with Crippen molar-refractivity contribution in [2.24, 2.45) is 0 Å². The van der Waals surface area contributed by atoms with Gasteiger partial charge in [0.1, 0.15) is 17.1 Å². The Bertz CT molecular complexity index is 742. The maximum Gasteiger partial charge on any atom is 0.331 e. The SMILES string of the molecule is Cc1ccc(/C=C2\C(=O)NC(=O)N(CCC3=CCCCC3)C2=O)o1. The van der Waals surface area contributed by atoms with Crippen LogP contribution in [0.4, 0.5) is 4.79 Å². The van der Waals surface area contributed by atoms with Crippen LogP contribution in [-0.2, 0) is 9.59 Å². The van der Waals surface area contributed by atoms with Gasteiger partial charge in [-0.2, -0.15) is 0 Å². The molecule has 24 heavy (non-hydrogen) atoms. The first kappa shape index (κ1) is 16.2. The van der Waals surface area contributed by atoms with Gasteiger partial charge in [-0.3, -0.25) is 19.8 Å². The standard InChI is InChI=1S/C18H20N2O4/c1-12-7-8-14(24-12)11-15-16(21)19-18(23)20(17(15)22)10-9-13-5-3-2-4-6-13/h5,7-8,11H,2-4,6,9-10H2,1H3,(H,19,21,23)/b15-11+. The van der Waals surface area contributed by atoms with Gasteiger partial charge in [0.2, 0.25) is 0 Å². The number of allylic oxidation sites excluding steroid dienone is 1. The van der Waals surface area contributed by atoms with Crippen molar-refractivity contribution < 1.29 is 18.8 Å². The van der Waals surface area contributed by atoms with Gasteiger partial charge in [-0.1, -0.05) is 11.6 Å². The average Bonchev–Trinajstić information content (AvgIpc) is 2.97. The molecule has 0 spiro atoms. The maximum absolute atomic E-state index is 12.5. The minimum atomic E-state index is -0.688. The van der Waals surface area contributed by atoms with E-state index in [0.29, 0.717) is 17.9 Å². The minimum Gasteiger partial charge on any atom is -0.462 e. The number of hydrogen-bond acceptors (Lipinski definition) is 4. The van der Waals surface area contributed by atoms with Crippen LogP contribution in [-0.4, -0.2) is 29.3 Å². The molecular formula is C18H20N2O4. The summed E-state index contributed by atoms with van der Waals surface area (Å²) >= 11 is 0. The summed E-state index contributed by atoms with van der Waals surface area (Å²) in [6.45, 7) is 2.05. The molecule has 0 bridgehead atoms. The number of carbonyl (C=O) groups is 3. The van der Waals surface area contributed by atoms with Gasteiger partial charge in [0.15, 0.2) is 0 Å². The Labute approximate surface area is 140 Å². The summed E-state index contributed by atoms with van der Waals surface area (Å²) in [5, 5.41) is 2.22. The van der Waals surface area contributed by atoms with E-state index in [4.69, 9.17) is 4.42 Å². The molecule has 1 aliphatic heterocycles. The molecule has 0 aromatic carbocycles. The predicted octanol–water partition coefficient (Wildman–Crippen LogP) is 2.94. The first-order valence-electron chi connectivity index (χ1n) is 8.18. The van der Waals surface area contributed by atoms with E-state index in [-0.39, 0.29) is 12.1 Å². The summed E-state index contributed by atoms with van der Waals surface area (Å²) in [5.41, 5.74) is 1.19. The van der Waals surface area contributed by atoms with Crippen LogP contribution in [0.25, 0.3) is 6.08 Å². The molecule has 4 amide bonds. The van der Waals surface area contributed by atoms with Crippen molar-refractivity contribution in [3.63, 3.8) is 0 Å². The van der Waals surface area contributed by atoms with E-state index in [1.165, 1.54) is 18.1 Å². The molecule has 1 aromatic rings. The monoisotopic (exact) mass is 328 g/mol. The van der Waals surface area contributed by atoms with Crippen molar-refractivity contribution in [3.8, 4) is 0 Å². The van der Waals surface area contributed by atoms with Crippen molar-refractivity contribution >= 4 is 23.9 Å². The van der Waals surface area contributed by atoms with E-state index in [0.717, 1.165) is 24.2 Å². The van der Waals surface area contributed by atoms with E-state index in [1.54, 1.807) is 19.1 Å². The fourth-order valence-corrected chi connectivity index (χ4v) is 2.96. The van der Waals surface area contributed by atoms with Gasteiger partial charge in [-0.15, -0.1) is 0 Å². The molecule has 6 nitrogen and oxygen atoms in total. The number of barbiturate groups is 1. The van der Waals surface area contributed by atoms with Crippen LogP contribution < -0.4 is 5.32 Å². The number of urea groups is 1. The first-order chi connectivity index (χ1) is 11.5. The molecule has 1 fully saturated rings. The third-order valence-electron chi connectivity index (χ3n) is 4.28. The van der Waals surface area contributed by atoms with Crippen LogP contribution in [0.1, 0.15) is 43.6 Å². The maximum atomic E-state index is 12.5. The molecular weight excluding hydrogens is 308 g/mol. The Hall–Kier alpha value is -2.63. The topological polar surface area (TPSA) is 79.6 Å². The summed E-state index contributed by atoms with van der Waals surface area (Å²) in [4.78, 5) is 37.6. The Morgan fingerprint density at radius 1 is 1.25 bits per heavy atom. The van der Waals surface area contributed by atoms with Crippen LogP contribution in [0.5, 0.6) is 0 Å². The highest BCUT2D eigenvalue weighted by atomic mass is 16.3. The molecule has 2 heterocycles. The summed E-state index contributed by atoms with van der Waals surface area (Å²) < 4.78 is 5.38. The molecule has 0 unspecified atom stereocenters. The van der Waals surface area contributed by atoms with E-state index in [2.05, 4.69) is 11.4 Å². The smallest absolute Gasteiger partial charge is 0.331 e. The number of imide groups is 2. The van der Waals surface area contributed by atoms with Crippen molar-refractivity contribution in [3.05, 3.63) is 40.9 Å². The van der Waals surface area contributed by atoms with E-state index in [1.807, 2.05) is 0 Å². The zero-order chi connectivity index (χ0) is 17.1. The van der Waals surface area contributed by atoms with E-state index >= 15 is 0 Å². The summed E-state index contributed by atoms with van der Waals surface area (Å²) in [6, 6.07) is 2.77. The Morgan fingerprint density at radius 3 is 2.75 bits per heavy atom. The minimum absolute atomic E-state index is 0.0819. The quantitative estimate of drug-likeness (QED) is 0.523. The lowest BCUT2D eigenvalue weighted by atomic mass is 9.97. The van der Waals surface area contributed by atoms with Crippen molar-refractivity contribution in [1.29, 1.82) is 0 Å². The van der Waals surface area contributed by atoms with Gasteiger partial charge < -0.3 is 4.42 Å². The lowest BCUT2D eigenvalue weighted by molar-refractivity contribution is -0.130. The fraction of sp³-hybridized carbons (Fsp3) is 0.389. The van der Waals surface area contributed by atoms with Crippen molar-refractivity contribution in [1.82, 2.24) is 10.2 Å². The van der Waals surface area contributed by atoms with Gasteiger partial charge in [-0.05, 0) is 57.2 Å². The third-order valence-corrected chi connectivity index (χ3v) is 4.28. The number of nitrogens with zero attached hydrogens (tertiary/aromatic N) is 1. The van der Waals surface area contributed by atoms with Crippen LogP contribution in [0.3, 0.4) is 0 Å². The Kier molecular flexibility index (Phi) is 4.64. The molecule has 1 aliphatic carbocycles. The molecule has 1 aromatic heterocycles. The Balaban J connectivity index is 1.75. The zero-order valence-electron chi connectivity index (χ0n) is 13.6. The number of amides is 4.